The van der Waals surface area contributed by atoms with E-state index in [1.54, 1.807) is 25.1 Å². The van der Waals surface area contributed by atoms with E-state index in [9.17, 15) is 13.2 Å². The Morgan fingerprint density at radius 1 is 1.17 bits per heavy atom. The molecule has 0 bridgehead atoms. The van der Waals surface area contributed by atoms with E-state index in [0.29, 0.717) is 24.7 Å². The summed E-state index contributed by atoms with van der Waals surface area (Å²) in [6.45, 7) is 1.70. The first-order valence-corrected chi connectivity index (χ1v) is 8.86. The van der Waals surface area contributed by atoms with E-state index in [0.717, 1.165) is 0 Å². The number of aromatic nitrogens is 1. The molecule has 0 atom stereocenters. The molecule has 6 nitrogen and oxygen atoms in total. The molecule has 1 aromatic carbocycles. The highest BCUT2D eigenvalue weighted by Crippen LogP contribution is 2.33. The zero-order chi connectivity index (χ0) is 20.4. The van der Waals surface area contributed by atoms with Gasteiger partial charge in [0, 0.05) is 18.3 Å². The Morgan fingerprint density at radius 2 is 1.97 bits per heavy atom. The quantitative estimate of drug-likeness (QED) is 0.294. The second-order valence-electron chi connectivity index (χ2n) is 5.54. The molecule has 2 aromatic rings. The van der Waals surface area contributed by atoms with Crippen LogP contribution >= 0.6 is 24.0 Å². The Labute approximate surface area is 184 Å². The molecule has 10 heteroatoms. The van der Waals surface area contributed by atoms with Crippen molar-refractivity contribution in [2.45, 2.75) is 33.5 Å². The van der Waals surface area contributed by atoms with Gasteiger partial charge in [-0.1, -0.05) is 12.1 Å². The molecule has 2 N–H and O–H groups in total. The molecule has 0 aliphatic rings. The Bertz CT molecular complexity index is 794. The van der Waals surface area contributed by atoms with Gasteiger partial charge in [0.05, 0.1) is 25.4 Å². The number of alkyl halides is 2. The number of ether oxygens (including phenoxy) is 2. The summed E-state index contributed by atoms with van der Waals surface area (Å²) in [5.74, 6) is 0.138. The van der Waals surface area contributed by atoms with E-state index < -0.39 is 12.4 Å². The van der Waals surface area contributed by atoms with Crippen LogP contribution in [-0.2, 0) is 13.1 Å². The first-order chi connectivity index (χ1) is 13.5. The van der Waals surface area contributed by atoms with Gasteiger partial charge in [-0.05, 0) is 32.0 Å². The van der Waals surface area contributed by atoms with Gasteiger partial charge in [-0.15, -0.1) is 24.0 Å². The summed E-state index contributed by atoms with van der Waals surface area (Å²) in [5.41, 5.74) is 0.681. The summed E-state index contributed by atoms with van der Waals surface area (Å²) < 4.78 is 49.3. The fraction of sp³-hybridized carbons (Fsp3) is 0.368. The molecule has 29 heavy (non-hydrogen) atoms. The molecular weight excluding hydrogens is 500 g/mol. The number of hydrogen-bond donors (Lipinski definition) is 2. The van der Waals surface area contributed by atoms with Crippen molar-refractivity contribution in [2.24, 2.45) is 4.99 Å². The van der Waals surface area contributed by atoms with Gasteiger partial charge in [-0.2, -0.15) is 8.78 Å². The fourth-order valence-corrected chi connectivity index (χ4v) is 2.40. The Balaban J connectivity index is 0.00000420. The van der Waals surface area contributed by atoms with Crippen LogP contribution in [0.5, 0.6) is 11.5 Å². The summed E-state index contributed by atoms with van der Waals surface area (Å²) in [7, 11) is 0. The topological polar surface area (TPSA) is 67.8 Å². The molecule has 0 aliphatic carbocycles. The Hall–Kier alpha value is -2.24. The number of nitrogens with zero attached hydrogens (tertiary/aromatic N) is 2. The maximum absolute atomic E-state index is 13.7. The number of pyridine rings is 1. The summed E-state index contributed by atoms with van der Waals surface area (Å²) in [6.07, 6.45) is 1.50. The van der Waals surface area contributed by atoms with Gasteiger partial charge in [-0.3, -0.25) is 4.98 Å². The molecule has 160 valence electrons. The summed E-state index contributed by atoms with van der Waals surface area (Å²) in [4.78, 5) is 8.33. The van der Waals surface area contributed by atoms with Crippen LogP contribution in [-0.4, -0.2) is 30.7 Å². The summed E-state index contributed by atoms with van der Waals surface area (Å²) in [5, 5.41) is 5.98. The molecule has 1 aromatic heterocycles. The van der Waals surface area contributed by atoms with E-state index in [-0.39, 0.29) is 54.3 Å². The molecule has 0 saturated heterocycles. The highest BCUT2D eigenvalue weighted by atomic mass is 127. The van der Waals surface area contributed by atoms with Crippen LogP contribution in [0.4, 0.5) is 13.2 Å². The minimum atomic E-state index is -2.98. The molecule has 0 amide bonds. The van der Waals surface area contributed by atoms with Crippen molar-refractivity contribution in [2.75, 3.05) is 13.2 Å². The molecule has 0 aliphatic heterocycles. The van der Waals surface area contributed by atoms with Crippen LogP contribution in [0.2, 0.25) is 0 Å². The maximum Gasteiger partial charge on any atom is 0.387 e. The van der Waals surface area contributed by atoms with Crippen molar-refractivity contribution in [1.82, 2.24) is 15.6 Å². The van der Waals surface area contributed by atoms with E-state index in [1.807, 2.05) is 6.92 Å². The van der Waals surface area contributed by atoms with Crippen LogP contribution in [0.25, 0.3) is 0 Å². The lowest BCUT2D eigenvalue weighted by molar-refractivity contribution is -0.0520. The smallest absolute Gasteiger partial charge is 0.387 e. The molecule has 0 spiro atoms. The number of para-hydroxylation sites is 1. The summed E-state index contributed by atoms with van der Waals surface area (Å²) in [6, 6.07) is 7.69. The number of halogens is 4. The molecule has 0 fully saturated rings. The Morgan fingerprint density at radius 3 is 2.62 bits per heavy atom. The first-order valence-electron chi connectivity index (χ1n) is 8.86. The summed E-state index contributed by atoms with van der Waals surface area (Å²) >= 11 is 0. The van der Waals surface area contributed by atoms with Crippen molar-refractivity contribution < 1.29 is 22.6 Å². The van der Waals surface area contributed by atoms with E-state index in [2.05, 4.69) is 25.3 Å². The monoisotopic (exact) mass is 524 g/mol. The van der Waals surface area contributed by atoms with Crippen LogP contribution in [0.1, 0.15) is 25.1 Å². The molecule has 1 heterocycles. The number of hydrogen-bond acceptors (Lipinski definition) is 4. The molecule has 0 saturated carbocycles. The normalized spacial score (nSPS) is 11.0. The second kappa shape index (κ2) is 13.1. The number of benzene rings is 1. The largest absolute Gasteiger partial charge is 0.490 e. The second-order valence-corrected chi connectivity index (χ2v) is 5.54. The van der Waals surface area contributed by atoms with Gasteiger partial charge in [0.2, 0.25) is 0 Å². The number of rotatable bonds is 9. The molecular formula is C19H24F3IN4O2. The van der Waals surface area contributed by atoms with Gasteiger partial charge in [0.1, 0.15) is 5.82 Å². The minimum absolute atomic E-state index is 0. The zero-order valence-corrected chi connectivity index (χ0v) is 18.5. The van der Waals surface area contributed by atoms with E-state index in [1.165, 1.54) is 18.3 Å². The van der Waals surface area contributed by atoms with Crippen LogP contribution in [0, 0.1) is 5.82 Å². The van der Waals surface area contributed by atoms with Gasteiger partial charge < -0.3 is 20.1 Å². The standard InChI is InChI=1S/C19H23F3N4O2.HI/c1-3-23-19(26-12-15-14(20)8-6-10-24-15)25-11-13-7-5-9-16(27-4-2)17(13)28-18(21)22;/h5-10,18H,3-4,11-12H2,1-2H3,(H2,23,25,26);1H. The van der Waals surface area contributed by atoms with E-state index >= 15 is 0 Å². The fourth-order valence-electron chi connectivity index (χ4n) is 2.40. The molecule has 0 radical (unpaired) electrons. The van der Waals surface area contributed by atoms with Crippen LogP contribution in [0.3, 0.4) is 0 Å². The highest BCUT2D eigenvalue weighted by Gasteiger charge is 2.15. The SMILES string of the molecule is CCNC(=NCc1cccc(OCC)c1OC(F)F)NCc1ncccc1F.I. The van der Waals surface area contributed by atoms with Crippen LogP contribution in [0.15, 0.2) is 41.5 Å². The lowest BCUT2D eigenvalue weighted by Gasteiger charge is -2.15. The first kappa shape index (κ1) is 24.8. The van der Waals surface area contributed by atoms with Gasteiger partial charge in [0.15, 0.2) is 17.5 Å². The zero-order valence-electron chi connectivity index (χ0n) is 16.1. The van der Waals surface area contributed by atoms with Crippen LogP contribution < -0.4 is 20.1 Å². The Kier molecular flexibility index (Phi) is 11.2. The van der Waals surface area contributed by atoms with Gasteiger partial charge in [0.25, 0.3) is 0 Å². The van der Waals surface area contributed by atoms with Crippen molar-refractivity contribution in [3.05, 3.63) is 53.6 Å². The third-order valence-corrected chi connectivity index (χ3v) is 3.58. The third kappa shape index (κ3) is 7.95. The lowest BCUT2D eigenvalue weighted by atomic mass is 10.2. The lowest BCUT2D eigenvalue weighted by Crippen LogP contribution is -2.37. The third-order valence-electron chi connectivity index (χ3n) is 3.58. The predicted octanol–water partition coefficient (Wildman–Crippen LogP) is 4.09. The number of aliphatic imine (C=N–C) groups is 1. The average Bonchev–Trinajstić information content (AvgIpc) is 2.67. The highest BCUT2D eigenvalue weighted by molar-refractivity contribution is 14.0. The van der Waals surface area contributed by atoms with E-state index in [4.69, 9.17) is 4.74 Å². The van der Waals surface area contributed by atoms with Crippen molar-refractivity contribution in [3.8, 4) is 11.5 Å². The van der Waals surface area contributed by atoms with Gasteiger partial charge >= 0.3 is 6.61 Å². The van der Waals surface area contributed by atoms with Crippen molar-refractivity contribution in [1.29, 1.82) is 0 Å². The predicted molar refractivity (Wildman–Crippen MR) is 116 cm³/mol. The van der Waals surface area contributed by atoms with Crippen molar-refractivity contribution >= 4 is 29.9 Å². The number of guanidine groups is 1. The average molecular weight is 524 g/mol. The molecule has 0 unspecified atom stereocenters. The minimum Gasteiger partial charge on any atom is -0.490 e. The van der Waals surface area contributed by atoms with Crippen molar-refractivity contribution in [3.63, 3.8) is 0 Å². The molecule has 2 rings (SSSR count). The van der Waals surface area contributed by atoms with Gasteiger partial charge in [-0.25, -0.2) is 9.38 Å². The maximum atomic E-state index is 13.7. The number of nitrogens with one attached hydrogen (secondary N) is 2.